The van der Waals surface area contributed by atoms with Crippen molar-refractivity contribution in [2.24, 2.45) is 0 Å². The quantitative estimate of drug-likeness (QED) is 0.594. The SMILES string of the molecule is Cc1ccc(C)c(N(C(=O)C[S@](=O)CC(=O)Nc2ccc(F)cc2)[C@@H](C)C(=O)NC(C)(C)C)c1. The highest BCUT2D eigenvalue weighted by molar-refractivity contribution is 7.86. The topological polar surface area (TPSA) is 95.6 Å². The minimum atomic E-state index is -1.82. The van der Waals surface area contributed by atoms with Crippen molar-refractivity contribution in [3.63, 3.8) is 0 Å². The first-order chi connectivity index (χ1) is 15.8. The highest BCUT2D eigenvalue weighted by atomic mass is 32.2. The lowest BCUT2D eigenvalue weighted by molar-refractivity contribution is -0.126. The zero-order valence-corrected chi connectivity index (χ0v) is 21.2. The van der Waals surface area contributed by atoms with Gasteiger partial charge in [0.2, 0.25) is 17.7 Å². The number of carbonyl (C=O) groups excluding carboxylic acids is 3. The number of rotatable bonds is 8. The Kier molecular flexibility index (Phi) is 9.09. The molecule has 0 fully saturated rings. The van der Waals surface area contributed by atoms with Gasteiger partial charge in [0.1, 0.15) is 23.4 Å². The van der Waals surface area contributed by atoms with Crippen LogP contribution in [0.1, 0.15) is 38.8 Å². The van der Waals surface area contributed by atoms with Crippen LogP contribution < -0.4 is 15.5 Å². The second-order valence-electron chi connectivity index (χ2n) is 9.25. The number of hydrogen-bond donors (Lipinski definition) is 2. The van der Waals surface area contributed by atoms with E-state index in [-0.39, 0.29) is 5.91 Å². The first-order valence-electron chi connectivity index (χ1n) is 10.9. The van der Waals surface area contributed by atoms with E-state index < -0.39 is 51.5 Å². The molecule has 9 heteroatoms. The molecule has 0 heterocycles. The Morgan fingerprint density at radius 1 is 1.03 bits per heavy atom. The molecule has 34 heavy (non-hydrogen) atoms. The van der Waals surface area contributed by atoms with Crippen LogP contribution in [0.2, 0.25) is 0 Å². The number of anilines is 2. The molecule has 7 nitrogen and oxygen atoms in total. The van der Waals surface area contributed by atoms with Crippen molar-refractivity contribution in [1.82, 2.24) is 5.32 Å². The van der Waals surface area contributed by atoms with Crippen molar-refractivity contribution in [1.29, 1.82) is 0 Å². The summed E-state index contributed by atoms with van der Waals surface area (Å²) in [5.41, 5.74) is 2.10. The summed E-state index contributed by atoms with van der Waals surface area (Å²) >= 11 is 0. The zero-order valence-electron chi connectivity index (χ0n) is 20.4. The molecule has 2 aromatic rings. The van der Waals surface area contributed by atoms with Crippen LogP contribution in [-0.4, -0.2) is 45.0 Å². The first kappa shape index (κ1) is 27.2. The van der Waals surface area contributed by atoms with E-state index in [0.717, 1.165) is 11.1 Å². The van der Waals surface area contributed by atoms with E-state index in [0.29, 0.717) is 11.4 Å². The molecule has 2 aromatic carbocycles. The van der Waals surface area contributed by atoms with Gasteiger partial charge in [0.15, 0.2) is 0 Å². The number of halogens is 1. The van der Waals surface area contributed by atoms with E-state index in [1.165, 1.54) is 29.2 Å². The predicted molar refractivity (Wildman–Crippen MR) is 134 cm³/mol. The summed E-state index contributed by atoms with van der Waals surface area (Å²) in [6.07, 6.45) is 0. The molecule has 0 aliphatic heterocycles. The van der Waals surface area contributed by atoms with Gasteiger partial charge in [-0.2, -0.15) is 0 Å². The van der Waals surface area contributed by atoms with Crippen molar-refractivity contribution in [3.8, 4) is 0 Å². The molecule has 2 rings (SSSR count). The van der Waals surface area contributed by atoms with E-state index in [1.54, 1.807) is 13.0 Å². The van der Waals surface area contributed by atoms with Crippen LogP contribution in [0.15, 0.2) is 42.5 Å². The smallest absolute Gasteiger partial charge is 0.243 e. The van der Waals surface area contributed by atoms with Gasteiger partial charge in [-0.25, -0.2) is 4.39 Å². The van der Waals surface area contributed by atoms with Crippen LogP contribution in [0.4, 0.5) is 15.8 Å². The lowest BCUT2D eigenvalue weighted by atomic mass is 10.1. The van der Waals surface area contributed by atoms with Gasteiger partial charge in [0, 0.05) is 27.7 Å². The van der Waals surface area contributed by atoms with Crippen LogP contribution in [0.25, 0.3) is 0 Å². The molecule has 0 unspecified atom stereocenters. The third kappa shape index (κ3) is 8.06. The number of amides is 3. The fourth-order valence-electron chi connectivity index (χ4n) is 3.26. The molecule has 2 N–H and O–H groups in total. The number of aryl methyl sites for hydroxylation is 2. The molecule has 0 bridgehead atoms. The van der Waals surface area contributed by atoms with Crippen LogP contribution in [0.3, 0.4) is 0 Å². The largest absolute Gasteiger partial charge is 0.350 e. The maximum absolute atomic E-state index is 13.3. The molecule has 0 spiro atoms. The number of nitrogens with zero attached hydrogens (tertiary/aromatic N) is 1. The van der Waals surface area contributed by atoms with E-state index in [4.69, 9.17) is 0 Å². The molecule has 0 saturated carbocycles. The average Bonchev–Trinajstić information content (AvgIpc) is 2.70. The molecule has 0 aromatic heterocycles. The van der Waals surface area contributed by atoms with Crippen molar-refractivity contribution in [3.05, 3.63) is 59.4 Å². The van der Waals surface area contributed by atoms with Gasteiger partial charge < -0.3 is 10.6 Å². The number of nitrogens with one attached hydrogen (secondary N) is 2. The number of hydrogen-bond acceptors (Lipinski definition) is 4. The van der Waals surface area contributed by atoms with Gasteiger partial charge in [0.25, 0.3) is 0 Å². The lowest BCUT2D eigenvalue weighted by Gasteiger charge is -2.32. The van der Waals surface area contributed by atoms with Crippen LogP contribution in [-0.2, 0) is 25.2 Å². The molecule has 184 valence electrons. The Morgan fingerprint density at radius 3 is 2.24 bits per heavy atom. The van der Waals surface area contributed by atoms with Crippen LogP contribution in [0.5, 0.6) is 0 Å². The van der Waals surface area contributed by atoms with Crippen molar-refractivity contribution >= 4 is 39.9 Å². The first-order valence-corrected chi connectivity index (χ1v) is 12.4. The van der Waals surface area contributed by atoms with Crippen molar-refractivity contribution in [2.45, 2.75) is 53.1 Å². The molecule has 0 saturated heterocycles. The zero-order chi connectivity index (χ0) is 25.6. The lowest BCUT2D eigenvalue weighted by Crippen LogP contribution is -2.54. The molecule has 0 aliphatic rings. The second kappa shape index (κ2) is 11.4. The fraction of sp³-hybridized carbons (Fsp3) is 0.400. The van der Waals surface area contributed by atoms with Crippen LogP contribution in [0, 0.1) is 19.7 Å². The highest BCUT2D eigenvalue weighted by Gasteiger charge is 2.31. The van der Waals surface area contributed by atoms with Gasteiger partial charge >= 0.3 is 0 Å². The highest BCUT2D eigenvalue weighted by Crippen LogP contribution is 2.25. The molecular formula is C25H32FN3O4S. The van der Waals surface area contributed by atoms with Gasteiger partial charge in [0.05, 0.1) is 0 Å². The maximum atomic E-state index is 13.3. The summed E-state index contributed by atoms with van der Waals surface area (Å²) in [6, 6.07) is 9.87. The van der Waals surface area contributed by atoms with Crippen molar-refractivity contribution in [2.75, 3.05) is 21.7 Å². The van der Waals surface area contributed by atoms with Crippen LogP contribution >= 0.6 is 0 Å². The summed E-state index contributed by atoms with van der Waals surface area (Å²) in [4.78, 5) is 39.8. The minimum absolute atomic E-state index is 0.346. The summed E-state index contributed by atoms with van der Waals surface area (Å²) in [5, 5.41) is 5.41. The fourth-order valence-corrected chi connectivity index (χ4v) is 4.15. The monoisotopic (exact) mass is 489 g/mol. The number of carbonyl (C=O) groups is 3. The third-order valence-corrected chi connectivity index (χ3v) is 6.02. The molecule has 2 atom stereocenters. The normalized spacial score (nSPS) is 13.0. The molecule has 0 radical (unpaired) electrons. The van der Waals surface area contributed by atoms with E-state index in [2.05, 4.69) is 10.6 Å². The van der Waals surface area contributed by atoms with E-state index >= 15 is 0 Å². The Bertz CT molecular complexity index is 1080. The molecule has 0 aliphatic carbocycles. The predicted octanol–water partition coefficient (Wildman–Crippen LogP) is 3.47. The average molecular weight is 490 g/mol. The summed E-state index contributed by atoms with van der Waals surface area (Å²) in [5.74, 6) is -2.72. The summed E-state index contributed by atoms with van der Waals surface area (Å²) in [7, 11) is -1.82. The van der Waals surface area contributed by atoms with E-state index in [1.807, 2.05) is 46.8 Å². The Labute approximate surface area is 202 Å². The molecular weight excluding hydrogens is 457 g/mol. The molecule has 3 amide bonds. The Hall–Kier alpha value is -3.07. The summed E-state index contributed by atoms with van der Waals surface area (Å²) < 4.78 is 25.7. The second-order valence-corrected chi connectivity index (χ2v) is 10.7. The minimum Gasteiger partial charge on any atom is -0.350 e. The van der Waals surface area contributed by atoms with Gasteiger partial charge in [-0.05, 0) is 83.0 Å². The van der Waals surface area contributed by atoms with Gasteiger partial charge in [-0.3, -0.25) is 23.5 Å². The number of benzene rings is 2. The maximum Gasteiger partial charge on any atom is 0.243 e. The Balaban J connectivity index is 2.19. The van der Waals surface area contributed by atoms with Gasteiger partial charge in [-0.15, -0.1) is 0 Å². The van der Waals surface area contributed by atoms with Gasteiger partial charge in [-0.1, -0.05) is 12.1 Å². The van der Waals surface area contributed by atoms with E-state index in [9.17, 15) is 23.0 Å². The van der Waals surface area contributed by atoms with Crippen molar-refractivity contribution < 1.29 is 23.0 Å². The Morgan fingerprint density at radius 2 is 1.65 bits per heavy atom. The summed E-state index contributed by atoms with van der Waals surface area (Å²) in [6.45, 7) is 10.9. The standard InChI is InChI=1S/C25H32FN3O4S/c1-16-7-8-17(2)21(13-16)29(18(3)24(32)28-25(4,5)6)23(31)15-34(33)14-22(30)27-20-11-9-19(26)10-12-20/h7-13,18H,14-15H2,1-6H3,(H,27,30)(H,28,32)/t18-,34+/m0/s1. The third-order valence-electron chi connectivity index (χ3n) is 4.86.